The van der Waals surface area contributed by atoms with Crippen LogP contribution in [0, 0.1) is 26.2 Å². The molecule has 1 unspecified atom stereocenters. The van der Waals surface area contributed by atoms with Crippen molar-refractivity contribution in [3.63, 3.8) is 0 Å². The van der Waals surface area contributed by atoms with Crippen LogP contribution in [0.5, 0.6) is 5.75 Å². The van der Waals surface area contributed by atoms with Crippen LogP contribution >= 0.6 is 10.7 Å². The summed E-state index contributed by atoms with van der Waals surface area (Å²) >= 11 is 0. The van der Waals surface area contributed by atoms with Crippen LogP contribution in [-0.4, -0.2) is 27.0 Å². The smallest absolute Gasteiger partial charge is 0.261 e. The molecule has 1 aromatic carbocycles. The van der Waals surface area contributed by atoms with Crippen molar-refractivity contribution in [3.8, 4) is 18.1 Å². The van der Waals surface area contributed by atoms with Gasteiger partial charge in [-0.2, -0.15) is 0 Å². The van der Waals surface area contributed by atoms with Crippen LogP contribution in [0.2, 0.25) is 0 Å². The van der Waals surface area contributed by atoms with Crippen molar-refractivity contribution in [3.05, 3.63) is 23.3 Å². The molecule has 1 rings (SSSR count). The summed E-state index contributed by atoms with van der Waals surface area (Å²) in [5, 5.41) is 2.51. The van der Waals surface area contributed by atoms with E-state index in [0.717, 1.165) is 0 Å². The standard InChI is InChI=1S/C14H16ClNO4S/c1-5-8-16-14(17)11(4)20-12-6-7-13(21(15,18)19)10(3)9(12)2/h1,6-7,11H,8H2,2-4H3,(H,16,17). The lowest BCUT2D eigenvalue weighted by Gasteiger charge is -2.17. The molecule has 1 amide bonds. The van der Waals surface area contributed by atoms with Crippen LogP contribution < -0.4 is 10.1 Å². The van der Waals surface area contributed by atoms with Gasteiger partial charge in [-0.05, 0) is 44.0 Å². The number of hydrogen-bond donors (Lipinski definition) is 1. The molecule has 0 saturated carbocycles. The Morgan fingerprint density at radius 2 is 2.05 bits per heavy atom. The highest BCUT2D eigenvalue weighted by atomic mass is 35.7. The molecule has 21 heavy (non-hydrogen) atoms. The van der Waals surface area contributed by atoms with Crippen molar-refractivity contribution in [2.45, 2.75) is 31.8 Å². The number of carbonyl (C=O) groups excluding carboxylic acids is 1. The average Bonchev–Trinajstić information content (AvgIpc) is 2.39. The largest absolute Gasteiger partial charge is 0.481 e. The van der Waals surface area contributed by atoms with Crippen LogP contribution in [0.1, 0.15) is 18.1 Å². The monoisotopic (exact) mass is 329 g/mol. The predicted octanol–water partition coefficient (Wildman–Crippen LogP) is 1.75. The Bertz CT molecular complexity index is 692. The Hall–Kier alpha value is -1.71. The first-order valence-electron chi connectivity index (χ1n) is 6.11. The minimum Gasteiger partial charge on any atom is -0.481 e. The van der Waals surface area contributed by atoms with Crippen molar-refractivity contribution < 1.29 is 17.9 Å². The van der Waals surface area contributed by atoms with E-state index < -0.39 is 15.2 Å². The van der Waals surface area contributed by atoms with Gasteiger partial charge >= 0.3 is 0 Å². The minimum atomic E-state index is -3.81. The van der Waals surface area contributed by atoms with Crippen LogP contribution in [-0.2, 0) is 13.8 Å². The Morgan fingerprint density at radius 1 is 1.43 bits per heavy atom. The number of hydrogen-bond acceptors (Lipinski definition) is 4. The molecule has 0 heterocycles. The second kappa shape index (κ2) is 6.83. The summed E-state index contributed by atoms with van der Waals surface area (Å²) in [7, 11) is 1.54. The van der Waals surface area contributed by atoms with E-state index >= 15 is 0 Å². The van der Waals surface area contributed by atoms with Crippen LogP contribution in [0.15, 0.2) is 17.0 Å². The SMILES string of the molecule is C#CCNC(=O)C(C)Oc1ccc(S(=O)(=O)Cl)c(C)c1C. The lowest BCUT2D eigenvalue weighted by atomic mass is 10.1. The topological polar surface area (TPSA) is 72.5 Å². The van der Waals surface area contributed by atoms with E-state index in [9.17, 15) is 13.2 Å². The summed E-state index contributed by atoms with van der Waals surface area (Å²) in [6.45, 7) is 5.02. The Morgan fingerprint density at radius 3 is 2.57 bits per heavy atom. The number of terminal acetylenes is 1. The predicted molar refractivity (Wildman–Crippen MR) is 80.9 cm³/mol. The maximum Gasteiger partial charge on any atom is 0.261 e. The van der Waals surface area contributed by atoms with Crippen molar-refractivity contribution in [1.82, 2.24) is 5.32 Å². The van der Waals surface area contributed by atoms with E-state index in [1.165, 1.54) is 12.1 Å². The summed E-state index contributed by atoms with van der Waals surface area (Å²) in [5.41, 5.74) is 1.09. The first-order valence-corrected chi connectivity index (χ1v) is 8.42. The van der Waals surface area contributed by atoms with Gasteiger partial charge in [0.15, 0.2) is 6.10 Å². The number of nitrogens with one attached hydrogen (secondary N) is 1. The van der Waals surface area contributed by atoms with Gasteiger partial charge in [-0.15, -0.1) is 6.42 Å². The fourth-order valence-electron chi connectivity index (χ4n) is 1.69. The first kappa shape index (κ1) is 17.3. The molecule has 0 aromatic heterocycles. The molecule has 0 bridgehead atoms. The molecule has 1 aromatic rings. The van der Waals surface area contributed by atoms with Crippen LogP contribution in [0.3, 0.4) is 0 Å². The zero-order valence-electron chi connectivity index (χ0n) is 11.9. The van der Waals surface area contributed by atoms with Crippen LogP contribution in [0.25, 0.3) is 0 Å². The van der Waals surface area contributed by atoms with Gasteiger partial charge in [-0.25, -0.2) is 8.42 Å². The molecule has 0 saturated heterocycles. The third-order valence-electron chi connectivity index (χ3n) is 2.99. The number of halogens is 1. The van der Waals surface area contributed by atoms with Gasteiger partial charge in [0.05, 0.1) is 11.4 Å². The molecule has 0 radical (unpaired) electrons. The normalized spacial score (nSPS) is 12.3. The Balaban J connectivity index is 2.99. The fraction of sp³-hybridized carbons (Fsp3) is 0.357. The highest BCUT2D eigenvalue weighted by molar-refractivity contribution is 8.13. The number of rotatable bonds is 5. The minimum absolute atomic E-state index is 0.0263. The van der Waals surface area contributed by atoms with Gasteiger partial charge in [0.2, 0.25) is 0 Å². The molecule has 7 heteroatoms. The summed E-state index contributed by atoms with van der Waals surface area (Å²) in [6.07, 6.45) is 4.30. The molecule has 0 spiro atoms. The number of benzene rings is 1. The van der Waals surface area contributed by atoms with Crippen molar-refractivity contribution in [2.75, 3.05) is 6.54 Å². The zero-order chi connectivity index (χ0) is 16.2. The quantitative estimate of drug-likeness (QED) is 0.660. The van der Waals surface area contributed by atoms with E-state index in [2.05, 4.69) is 11.2 Å². The maximum absolute atomic E-state index is 11.7. The summed E-state index contributed by atoms with van der Waals surface area (Å²) in [4.78, 5) is 11.7. The molecular weight excluding hydrogens is 314 g/mol. The molecule has 0 aliphatic carbocycles. The summed E-state index contributed by atoms with van der Waals surface area (Å²) in [5.74, 6) is 2.36. The van der Waals surface area contributed by atoms with E-state index in [1.807, 2.05) is 0 Å². The van der Waals surface area contributed by atoms with Crippen molar-refractivity contribution in [2.24, 2.45) is 0 Å². The Kier molecular flexibility index (Phi) is 5.64. The van der Waals surface area contributed by atoms with Gasteiger partial charge in [0.1, 0.15) is 5.75 Å². The summed E-state index contributed by atoms with van der Waals surface area (Å²) in [6, 6.07) is 2.83. The zero-order valence-corrected chi connectivity index (χ0v) is 13.5. The average molecular weight is 330 g/mol. The van der Waals surface area contributed by atoms with Crippen LogP contribution in [0.4, 0.5) is 0 Å². The van der Waals surface area contributed by atoms with Crippen molar-refractivity contribution in [1.29, 1.82) is 0 Å². The van der Waals surface area contributed by atoms with Crippen molar-refractivity contribution >= 4 is 25.6 Å². The summed E-state index contributed by atoms with van der Waals surface area (Å²) < 4.78 is 28.3. The number of carbonyl (C=O) groups is 1. The van der Waals surface area contributed by atoms with E-state index in [0.29, 0.717) is 16.9 Å². The molecular formula is C14H16ClNO4S. The number of ether oxygens (including phenoxy) is 1. The van der Waals surface area contributed by atoms with Gasteiger partial charge in [0.25, 0.3) is 15.0 Å². The molecule has 0 fully saturated rings. The van der Waals surface area contributed by atoms with E-state index in [1.54, 1.807) is 20.8 Å². The van der Waals surface area contributed by atoms with E-state index in [-0.39, 0.29) is 17.3 Å². The first-order chi connectivity index (χ1) is 9.68. The van der Waals surface area contributed by atoms with Gasteiger partial charge in [-0.3, -0.25) is 4.79 Å². The van der Waals surface area contributed by atoms with Gasteiger partial charge in [0, 0.05) is 10.7 Å². The third kappa shape index (κ3) is 4.38. The Labute approximate surface area is 129 Å². The maximum atomic E-state index is 11.7. The second-order valence-electron chi connectivity index (χ2n) is 4.43. The molecule has 5 nitrogen and oxygen atoms in total. The van der Waals surface area contributed by atoms with Gasteiger partial charge in [-0.1, -0.05) is 5.92 Å². The molecule has 114 valence electrons. The molecule has 1 N–H and O–H groups in total. The number of amides is 1. The molecule has 0 aliphatic heterocycles. The molecule has 1 atom stereocenters. The third-order valence-corrected chi connectivity index (χ3v) is 4.45. The van der Waals surface area contributed by atoms with Gasteiger partial charge < -0.3 is 10.1 Å². The highest BCUT2D eigenvalue weighted by Gasteiger charge is 2.19. The lowest BCUT2D eigenvalue weighted by Crippen LogP contribution is -2.36. The second-order valence-corrected chi connectivity index (χ2v) is 6.97. The molecule has 0 aliphatic rings. The lowest BCUT2D eigenvalue weighted by molar-refractivity contribution is -0.127. The highest BCUT2D eigenvalue weighted by Crippen LogP contribution is 2.29. The fourth-order valence-corrected chi connectivity index (χ4v) is 2.94. The van der Waals surface area contributed by atoms with E-state index in [4.69, 9.17) is 21.8 Å².